The molecule has 1 N–H and O–H groups in total. The van der Waals surface area contributed by atoms with Crippen LogP contribution < -0.4 is 5.56 Å². The van der Waals surface area contributed by atoms with Crippen molar-refractivity contribution in [2.24, 2.45) is 0 Å². The van der Waals surface area contributed by atoms with E-state index in [1.165, 1.54) is 74.2 Å². The van der Waals surface area contributed by atoms with Gasteiger partial charge in [0.05, 0.1) is 6.54 Å². The number of allylic oxidation sites excluding steroid dienone is 1. The fraction of sp³-hybridized carbons (Fsp3) is 0.333. The molecule has 0 bridgehead atoms. The van der Waals surface area contributed by atoms with Crippen LogP contribution in [0.15, 0.2) is 59.5 Å². The van der Waals surface area contributed by atoms with E-state index in [1.54, 1.807) is 18.2 Å². The maximum absolute atomic E-state index is 13.5. The number of carbonyl (C=O) groups excluding carboxylic acids is 3. The van der Waals surface area contributed by atoms with Gasteiger partial charge in [-0.15, -0.1) is 0 Å². The van der Waals surface area contributed by atoms with Gasteiger partial charge < -0.3 is 24.1 Å². The Hall–Kier alpha value is -4.21. The summed E-state index contributed by atoms with van der Waals surface area (Å²) in [4.78, 5) is 56.0. The minimum absolute atomic E-state index is 0.0877. The third-order valence-electron chi connectivity index (χ3n) is 5.44. The summed E-state index contributed by atoms with van der Waals surface area (Å²) in [6.45, 7) is 0.127. The Morgan fingerprint density at radius 2 is 1.92 bits per heavy atom. The first-order chi connectivity index (χ1) is 18.3. The van der Waals surface area contributed by atoms with Gasteiger partial charge in [0.2, 0.25) is 5.91 Å². The zero-order valence-corrected chi connectivity index (χ0v) is 21.2. The Morgan fingerprint density at radius 1 is 1.16 bits per heavy atom. The number of hydrogen-bond acceptors (Lipinski definition) is 5. The summed E-state index contributed by atoms with van der Waals surface area (Å²) in [5, 5.41) is 0.651. The first-order valence-electron chi connectivity index (χ1n) is 12.5. The molecule has 10 heteroatoms. The minimum Gasteiger partial charge on any atom is -0.438 e. The molecule has 37 heavy (non-hydrogen) atoms. The number of aromatic nitrogens is 2. The largest absolute Gasteiger partial charge is 0.438 e. The Balaban J connectivity index is 1.84. The van der Waals surface area contributed by atoms with Crippen LogP contribution in [0.4, 0.5) is 9.18 Å². The van der Waals surface area contributed by atoms with Gasteiger partial charge in [-0.25, -0.2) is 9.18 Å². The highest BCUT2D eigenvalue weighted by Crippen LogP contribution is 2.17. The molecular formula is C27H31FN4O5. The zero-order chi connectivity index (χ0) is 28.9. The van der Waals surface area contributed by atoms with Gasteiger partial charge in [-0.05, 0) is 49.2 Å². The van der Waals surface area contributed by atoms with Crippen LogP contribution in [-0.4, -0.2) is 71.4 Å². The molecular weight excluding hydrogens is 479 g/mol. The third-order valence-corrected chi connectivity index (χ3v) is 5.44. The second kappa shape index (κ2) is 12.2. The first kappa shape index (κ1) is 24.5. The molecule has 0 aliphatic heterocycles. The number of Topliss-reactive ketones (excluding diaryl/α,β-unsaturated/α-hetero) is 1. The van der Waals surface area contributed by atoms with Crippen LogP contribution in [-0.2, 0) is 27.3 Å². The molecule has 1 atom stereocenters. The smallest absolute Gasteiger partial charge is 0.409 e. The van der Waals surface area contributed by atoms with E-state index in [-0.39, 0.29) is 30.3 Å². The average Bonchev–Trinajstić information content (AvgIpc) is 3.25. The number of rotatable bonds is 10. The van der Waals surface area contributed by atoms with E-state index in [4.69, 9.17) is 7.48 Å². The van der Waals surface area contributed by atoms with Gasteiger partial charge in [0.15, 0.2) is 11.9 Å². The number of likely N-dealkylation sites (N-methyl/N-ethyl adjacent to an activating group) is 1. The average molecular weight is 513 g/mol. The number of aromatic amines is 1. The molecule has 3 rings (SSSR count). The standard InChI is InChI=1S/C27H31FN4O5/c1-30(2)25(34)10-6-5-9-24(37-27(36)31(3)4)23(33)16-18-8-7-13-32(26(18)35)17-21-15-19-14-20(28)11-12-22(19)29-21/h6-8,10-15,24,29H,5,9,16-17H2,1-4H3/b10-6+/i9D2. The van der Waals surface area contributed by atoms with Gasteiger partial charge in [-0.1, -0.05) is 12.1 Å². The lowest BCUT2D eigenvalue weighted by atomic mass is 10.0. The first-order valence-corrected chi connectivity index (χ1v) is 11.5. The summed E-state index contributed by atoms with van der Waals surface area (Å²) in [5.74, 6) is -1.56. The molecule has 9 nitrogen and oxygen atoms in total. The normalized spacial score (nSPS) is 13.2. The summed E-state index contributed by atoms with van der Waals surface area (Å²) < 4.78 is 37.0. The van der Waals surface area contributed by atoms with Crippen molar-refractivity contribution >= 4 is 28.7 Å². The molecule has 0 saturated carbocycles. The van der Waals surface area contributed by atoms with Crippen molar-refractivity contribution in [3.8, 4) is 0 Å². The van der Waals surface area contributed by atoms with E-state index in [0.717, 1.165) is 4.90 Å². The number of nitrogens with zero attached hydrogens (tertiary/aromatic N) is 3. The van der Waals surface area contributed by atoms with Gasteiger partial charge in [-0.2, -0.15) is 0 Å². The second-order valence-electron chi connectivity index (χ2n) is 8.84. The second-order valence-corrected chi connectivity index (χ2v) is 8.84. The Morgan fingerprint density at radius 3 is 2.62 bits per heavy atom. The summed E-state index contributed by atoms with van der Waals surface area (Å²) in [6.07, 6.45) is -2.01. The summed E-state index contributed by atoms with van der Waals surface area (Å²) >= 11 is 0. The summed E-state index contributed by atoms with van der Waals surface area (Å²) in [6, 6.07) is 9.06. The molecule has 0 aliphatic carbocycles. The van der Waals surface area contributed by atoms with Gasteiger partial charge >= 0.3 is 6.09 Å². The van der Waals surface area contributed by atoms with Crippen molar-refractivity contribution in [2.75, 3.05) is 28.2 Å². The number of pyridine rings is 1. The van der Waals surface area contributed by atoms with Crippen molar-refractivity contribution in [2.45, 2.75) is 31.9 Å². The highest BCUT2D eigenvalue weighted by molar-refractivity contribution is 5.88. The van der Waals surface area contributed by atoms with Gasteiger partial charge in [-0.3, -0.25) is 14.4 Å². The van der Waals surface area contributed by atoms with Crippen molar-refractivity contribution in [1.29, 1.82) is 0 Å². The lowest BCUT2D eigenvalue weighted by Crippen LogP contribution is -2.35. The highest BCUT2D eigenvalue weighted by atomic mass is 19.1. The molecule has 2 heterocycles. The molecule has 1 aromatic carbocycles. The molecule has 0 saturated heterocycles. The molecule has 0 radical (unpaired) electrons. The number of nitrogens with one attached hydrogen (secondary N) is 1. The van der Waals surface area contributed by atoms with Gasteiger partial charge in [0.1, 0.15) is 5.82 Å². The summed E-state index contributed by atoms with van der Waals surface area (Å²) in [7, 11) is 5.86. The van der Waals surface area contributed by atoms with Crippen LogP contribution in [0.5, 0.6) is 0 Å². The van der Waals surface area contributed by atoms with Crippen LogP contribution in [0.1, 0.15) is 26.8 Å². The van der Waals surface area contributed by atoms with Crippen LogP contribution in [0.25, 0.3) is 10.9 Å². The van der Waals surface area contributed by atoms with Gasteiger partial charge in [0, 0.05) is 65.7 Å². The van der Waals surface area contributed by atoms with E-state index in [0.29, 0.717) is 16.6 Å². The number of ether oxygens (including phenoxy) is 1. The molecule has 1 unspecified atom stereocenters. The van der Waals surface area contributed by atoms with E-state index >= 15 is 0 Å². The zero-order valence-electron chi connectivity index (χ0n) is 23.2. The van der Waals surface area contributed by atoms with Crippen molar-refractivity contribution < 1.29 is 26.3 Å². The van der Waals surface area contributed by atoms with Gasteiger partial charge in [0.25, 0.3) is 5.56 Å². The fourth-order valence-corrected chi connectivity index (χ4v) is 3.47. The van der Waals surface area contributed by atoms with Crippen LogP contribution in [0, 0.1) is 5.82 Å². The molecule has 2 aromatic heterocycles. The summed E-state index contributed by atoms with van der Waals surface area (Å²) in [5.41, 5.74) is 0.962. The fourth-order valence-electron chi connectivity index (χ4n) is 3.47. The molecule has 0 spiro atoms. The molecule has 196 valence electrons. The molecule has 3 aromatic rings. The van der Waals surface area contributed by atoms with Crippen LogP contribution >= 0.6 is 0 Å². The number of benzene rings is 1. The molecule has 0 aliphatic rings. The van der Waals surface area contributed by atoms with Crippen LogP contribution in [0.2, 0.25) is 0 Å². The number of ketones is 1. The SMILES string of the molecule is [2H]C([2H])(C/C=C/C(=O)N(C)C)C(OC(=O)N(C)C)C(=O)Cc1cccn(Cc2cc3cc(F)ccc3[nH]2)c1=O. The van der Waals surface area contributed by atoms with E-state index in [1.807, 2.05) is 0 Å². The number of hydrogen-bond donors (Lipinski definition) is 1. The lowest BCUT2D eigenvalue weighted by Gasteiger charge is -2.19. The van der Waals surface area contributed by atoms with E-state index in [9.17, 15) is 23.6 Å². The Bertz CT molecular complexity index is 1460. The Kier molecular flexibility index (Phi) is 8.04. The Labute approximate surface area is 216 Å². The monoisotopic (exact) mass is 512 g/mol. The van der Waals surface area contributed by atoms with Crippen molar-refractivity contribution in [3.63, 3.8) is 0 Å². The number of amides is 2. The third kappa shape index (κ3) is 7.39. The topological polar surface area (TPSA) is 105 Å². The van der Waals surface area contributed by atoms with Crippen molar-refractivity contribution in [1.82, 2.24) is 19.4 Å². The molecule has 0 fully saturated rings. The van der Waals surface area contributed by atoms with Crippen molar-refractivity contribution in [3.05, 3.63) is 82.2 Å². The number of H-pyrrole nitrogens is 1. The highest BCUT2D eigenvalue weighted by Gasteiger charge is 2.24. The van der Waals surface area contributed by atoms with Crippen LogP contribution in [0.3, 0.4) is 0 Å². The maximum atomic E-state index is 13.5. The minimum atomic E-state index is -2.36. The quantitative estimate of drug-likeness (QED) is 0.421. The number of halogens is 1. The van der Waals surface area contributed by atoms with E-state index < -0.39 is 36.3 Å². The molecule has 2 amide bonds. The predicted molar refractivity (Wildman–Crippen MR) is 138 cm³/mol. The lowest BCUT2D eigenvalue weighted by molar-refractivity contribution is -0.127. The predicted octanol–water partition coefficient (Wildman–Crippen LogP) is 3.12. The maximum Gasteiger partial charge on any atom is 0.409 e. The number of fused-ring (bicyclic) bond motifs is 1. The number of carbonyl (C=O) groups is 3. The van der Waals surface area contributed by atoms with E-state index in [2.05, 4.69) is 4.98 Å².